The van der Waals surface area contributed by atoms with Crippen molar-refractivity contribution in [1.29, 1.82) is 0 Å². The number of aliphatic hydroxyl groups excluding tert-OH is 1. The fourth-order valence-corrected chi connectivity index (χ4v) is 5.02. The van der Waals surface area contributed by atoms with Crippen LogP contribution in [-0.4, -0.2) is 42.7 Å². The zero-order valence-corrected chi connectivity index (χ0v) is 20.5. The van der Waals surface area contributed by atoms with Gasteiger partial charge in [-0.2, -0.15) is 0 Å². The number of benzene rings is 3. The van der Waals surface area contributed by atoms with Crippen LogP contribution in [0.4, 0.5) is 14.5 Å². The minimum atomic E-state index is -0.924. The first-order chi connectivity index (χ1) is 17.9. The highest BCUT2D eigenvalue weighted by molar-refractivity contribution is 5.96. The van der Waals surface area contributed by atoms with E-state index in [-0.39, 0.29) is 11.9 Å². The van der Waals surface area contributed by atoms with Gasteiger partial charge in [-0.15, -0.1) is 0 Å². The van der Waals surface area contributed by atoms with Crippen LogP contribution in [0.2, 0.25) is 0 Å². The summed E-state index contributed by atoms with van der Waals surface area (Å²) in [6.07, 6.45) is 2.61. The van der Waals surface area contributed by atoms with Gasteiger partial charge in [-0.05, 0) is 71.5 Å². The predicted octanol–water partition coefficient (Wildman–Crippen LogP) is 5.03. The maximum Gasteiger partial charge on any atom is 0.251 e. The highest BCUT2D eigenvalue weighted by Crippen LogP contribution is 2.34. The Morgan fingerprint density at radius 3 is 2.59 bits per heavy atom. The summed E-state index contributed by atoms with van der Waals surface area (Å²) in [4.78, 5) is 17.8. The lowest BCUT2D eigenvalue weighted by Gasteiger charge is -2.22. The van der Waals surface area contributed by atoms with Crippen molar-refractivity contribution in [3.63, 3.8) is 0 Å². The van der Waals surface area contributed by atoms with Crippen molar-refractivity contribution in [1.82, 2.24) is 5.32 Å². The molecular weight excluding hydrogens is 476 g/mol. The molecule has 3 aromatic rings. The lowest BCUT2D eigenvalue weighted by Crippen LogP contribution is -2.33. The van der Waals surface area contributed by atoms with Gasteiger partial charge in [-0.25, -0.2) is 8.78 Å². The third-order valence-electron chi connectivity index (χ3n) is 6.92. The molecule has 6 nitrogen and oxygen atoms in total. The number of ether oxygens (including phenoxy) is 1. The maximum absolute atomic E-state index is 13.6. The first-order valence-electron chi connectivity index (χ1n) is 12.4. The number of nitrogens with one attached hydrogen (secondary N) is 2. The summed E-state index contributed by atoms with van der Waals surface area (Å²) in [5.74, 6) is -1.25. The molecule has 0 spiro atoms. The molecule has 2 aliphatic rings. The first-order valence-corrected chi connectivity index (χ1v) is 12.4. The number of hydrogen-bond donors (Lipinski definition) is 3. The van der Waals surface area contributed by atoms with Gasteiger partial charge in [0.2, 0.25) is 0 Å². The first kappa shape index (κ1) is 25.0. The van der Waals surface area contributed by atoms with E-state index in [1.165, 1.54) is 6.07 Å². The van der Waals surface area contributed by atoms with Gasteiger partial charge < -0.3 is 20.5 Å². The third-order valence-corrected chi connectivity index (χ3v) is 6.92. The normalized spacial score (nSPS) is 20.8. The van der Waals surface area contributed by atoms with Crippen LogP contribution < -0.4 is 10.6 Å². The smallest absolute Gasteiger partial charge is 0.251 e. The van der Waals surface area contributed by atoms with Crippen LogP contribution in [0.15, 0.2) is 65.7 Å². The van der Waals surface area contributed by atoms with E-state index in [0.29, 0.717) is 29.7 Å². The number of amides is 1. The molecular formula is C29H29F2N3O3. The molecule has 0 bridgehead atoms. The monoisotopic (exact) mass is 505 g/mol. The Bertz CT molecular complexity index is 1330. The van der Waals surface area contributed by atoms with Crippen molar-refractivity contribution in [2.75, 3.05) is 19.0 Å². The lowest BCUT2D eigenvalue weighted by molar-refractivity contribution is 0.0858. The number of hydrogen-bond acceptors (Lipinski definition) is 5. The second-order valence-corrected chi connectivity index (χ2v) is 9.54. The fourth-order valence-electron chi connectivity index (χ4n) is 5.02. The molecule has 1 amide bonds. The Labute approximate surface area is 214 Å². The molecule has 0 radical (unpaired) electrons. The van der Waals surface area contributed by atoms with E-state index in [0.717, 1.165) is 54.0 Å². The van der Waals surface area contributed by atoms with Gasteiger partial charge in [0.1, 0.15) is 5.84 Å². The van der Waals surface area contributed by atoms with E-state index in [4.69, 9.17) is 9.73 Å². The van der Waals surface area contributed by atoms with Gasteiger partial charge in [-0.3, -0.25) is 9.79 Å². The van der Waals surface area contributed by atoms with E-state index in [1.807, 2.05) is 18.2 Å². The van der Waals surface area contributed by atoms with Crippen LogP contribution >= 0.6 is 0 Å². The molecule has 1 aliphatic heterocycles. The number of aliphatic hydroxyl groups is 1. The number of fused-ring (bicyclic) bond motifs is 1. The zero-order valence-electron chi connectivity index (χ0n) is 20.5. The summed E-state index contributed by atoms with van der Waals surface area (Å²) in [5.41, 5.74) is 4.30. The standard InChI is InChI=1S/C29H29F2N3O3/c1-37-16-22-3-2-4-27(33-22)32-21-11-9-20-14-26(35)28(23(20)15-21)34-29(36)18-7-5-17(6-8-18)19-10-12-24(30)25(31)13-19/h5-13,15,22,26,28,35H,2-4,14,16H2,1H3,(H,32,33)(H,34,36)/t22?,26-,28-/m1/s1. The zero-order chi connectivity index (χ0) is 25.9. The molecule has 1 aliphatic carbocycles. The van der Waals surface area contributed by atoms with Crippen molar-refractivity contribution >= 4 is 17.4 Å². The number of halogens is 2. The van der Waals surface area contributed by atoms with E-state index in [2.05, 4.69) is 10.6 Å². The molecule has 192 valence electrons. The van der Waals surface area contributed by atoms with Crippen LogP contribution in [0, 0.1) is 11.6 Å². The van der Waals surface area contributed by atoms with E-state index < -0.39 is 23.8 Å². The number of methoxy groups -OCH3 is 1. The van der Waals surface area contributed by atoms with Gasteiger partial charge in [0, 0.05) is 31.2 Å². The van der Waals surface area contributed by atoms with Crippen molar-refractivity contribution in [2.45, 2.75) is 43.9 Å². The molecule has 3 atom stereocenters. The van der Waals surface area contributed by atoms with Gasteiger partial charge >= 0.3 is 0 Å². The van der Waals surface area contributed by atoms with Crippen molar-refractivity contribution in [3.05, 3.63) is 89.0 Å². The molecule has 1 heterocycles. The minimum Gasteiger partial charge on any atom is -0.390 e. The van der Waals surface area contributed by atoms with Crippen molar-refractivity contribution in [3.8, 4) is 11.1 Å². The minimum absolute atomic E-state index is 0.151. The van der Waals surface area contributed by atoms with Crippen LogP contribution in [0.25, 0.3) is 11.1 Å². The number of aliphatic imine (C=N–C) groups is 1. The molecule has 5 rings (SSSR count). The highest BCUT2D eigenvalue weighted by Gasteiger charge is 2.33. The summed E-state index contributed by atoms with van der Waals surface area (Å²) >= 11 is 0. The Hall–Kier alpha value is -3.62. The van der Waals surface area contributed by atoms with Gasteiger partial charge in [0.05, 0.1) is 24.8 Å². The maximum atomic E-state index is 13.6. The predicted molar refractivity (Wildman–Crippen MR) is 139 cm³/mol. The Morgan fingerprint density at radius 1 is 1.05 bits per heavy atom. The van der Waals surface area contributed by atoms with E-state index in [9.17, 15) is 18.7 Å². The van der Waals surface area contributed by atoms with Crippen LogP contribution in [0.1, 0.15) is 46.8 Å². The van der Waals surface area contributed by atoms with Gasteiger partial charge in [0.25, 0.3) is 5.91 Å². The summed E-state index contributed by atoms with van der Waals surface area (Å²) < 4.78 is 32.1. The molecule has 3 N–H and O–H groups in total. The summed E-state index contributed by atoms with van der Waals surface area (Å²) in [5, 5.41) is 17.1. The molecule has 3 aromatic carbocycles. The molecule has 8 heteroatoms. The number of carbonyl (C=O) groups excluding carboxylic acids is 1. The molecule has 0 saturated carbocycles. The largest absolute Gasteiger partial charge is 0.390 e. The Kier molecular flexibility index (Phi) is 7.30. The number of rotatable bonds is 6. The molecule has 37 heavy (non-hydrogen) atoms. The van der Waals surface area contributed by atoms with E-state index in [1.54, 1.807) is 31.4 Å². The number of nitrogens with zero attached hydrogens (tertiary/aromatic N) is 1. The third kappa shape index (κ3) is 5.55. The molecule has 0 fully saturated rings. The topological polar surface area (TPSA) is 83.0 Å². The summed E-state index contributed by atoms with van der Waals surface area (Å²) in [6, 6.07) is 15.8. The molecule has 1 unspecified atom stereocenters. The number of amidine groups is 1. The van der Waals surface area contributed by atoms with Crippen LogP contribution in [0.5, 0.6) is 0 Å². The Morgan fingerprint density at radius 2 is 1.84 bits per heavy atom. The summed E-state index contributed by atoms with van der Waals surface area (Å²) in [7, 11) is 1.68. The average Bonchev–Trinajstić information content (AvgIpc) is 3.20. The lowest BCUT2D eigenvalue weighted by atomic mass is 10.0. The van der Waals surface area contributed by atoms with Gasteiger partial charge in [-0.1, -0.05) is 24.3 Å². The Balaban J connectivity index is 1.29. The second kappa shape index (κ2) is 10.8. The van der Waals surface area contributed by atoms with Gasteiger partial charge in [0.15, 0.2) is 11.6 Å². The number of carbonyl (C=O) groups is 1. The fraction of sp³-hybridized carbons (Fsp3) is 0.310. The summed E-state index contributed by atoms with van der Waals surface area (Å²) in [6.45, 7) is 0.595. The second-order valence-electron chi connectivity index (χ2n) is 9.54. The van der Waals surface area contributed by atoms with Crippen LogP contribution in [-0.2, 0) is 11.2 Å². The van der Waals surface area contributed by atoms with Crippen LogP contribution in [0.3, 0.4) is 0 Å². The van der Waals surface area contributed by atoms with Crippen molar-refractivity contribution in [2.24, 2.45) is 4.99 Å². The van der Waals surface area contributed by atoms with E-state index >= 15 is 0 Å². The average molecular weight is 506 g/mol. The molecule has 0 aromatic heterocycles. The highest BCUT2D eigenvalue weighted by atomic mass is 19.2. The SMILES string of the molecule is COCC1CCCC(Nc2ccc3c(c2)[C@@H](NC(=O)c2ccc(-c4ccc(F)c(F)c4)cc2)[C@H](O)C3)=N1. The van der Waals surface area contributed by atoms with Crippen molar-refractivity contribution < 1.29 is 23.4 Å². The number of anilines is 1. The molecule has 0 saturated heterocycles. The quantitative estimate of drug-likeness (QED) is 0.439.